The zero-order chi connectivity index (χ0) is 11.6. The van der Waals surface area contributed by atoms with Gasteiger partial charge in [0.1, 0.15) is 5.82 Å². The second-order valence-corrected chi connectivity index (χ2v) is 4.24. The van der Waals surface area contributed by atoms with Crippen molar-refractivity contribution in [3.63, 3.8) is 0 Å². The van der Waals surface area contributed by atoms with Gasteiger partial charge in [0.15, 0.2) is 5.78 Å². The van der Waals surface area contributed by atoms with Gasteiger partial charge in [0, 0.05) is 0 Å². The average molecular weight is 206 g/mol. The predicted octanol–water partition coefficient (Wildman–Crippen LogP) is 3.25. The Morgan fingerprint density at radius 1 is 1.27 bits per heavy atom. The topological polar surface area (TPSA) is 17.1 Å². The van der Waals surface area contributed by atoms with Crippen LogP contribution in [0.3, 0.4) is 0 Å². The highest BCUT2D eigenvalue weighted by Gasteiger charge is 2.29. The number of carbonyl (C=O) groups excluding carboxylic acids is 1. The van der Waals surface area contributed by atoms with E-state index in [1.54, 1.807) is 19.1 Å². The van der Waals surface area contributed by atoms with E-state index >= 15 is 0 Å². The van der Waals surface area contributed by atoms with Crippen molar-refractivity contribution in [3.8, 4) is 0 Å². The van der Waals surface area contributed by atoms with Crippen LogP contribution in [-0.2, 0) is 10.2 Å². The Bertz CT molecular complexity index is 388. The van der Waals surface area contributed by atoms with Crippen LogP contribution in [0.5, 0.6) is 0 Å². The largest absolute Gasteiger partial charge is 0.294 e. The van der Waals surface area contributed by atoms with E-state index in [4.69, 9.17) is 0 Å². The molecule has 0 amide bonds. The van der Waals surface area contributed by atoms with Crippen LogP contribution in [0.1, 0.15) is 26.3 Å². The van der Waals surface area contributed by atoms with Crippen molar-refractivity contribution in [1.29, 1.82) is 0 Å². The third-order valence-corrected chi connectivity index (χ3v) is 2.52. The maximum absolute atomic E-state index is 12.7. The molecule has 0 saturated carbocycles. The van der Waals surface area contributed by atoms with E-state index in [0.29, 0.717) is 5.57 Å². The lowest BCUT2D eigenvalue weighted by molar-refractivity contribution is -0.119. The predicted molar refractivity (Wildman–Crippen MR) is 59.2 cm³/mol. The Balaban J connectivity index is 3.10. The van der Waals surface area contributed by atoms with Gasteiger partial charge in [-0.05, 0) is 44.0 Å². The molecule has 1 nitrogen and oxygen atoms in total. The zero-order valence-corrected chi connectivity index (χ0v) is 9.30. The van der Waals surface area contributed by atoms with Crippen LogP contribution in [0, 0.1) is 5.82 Å². The number of halogens is 1. The lowest BCUT2D eigenvalue weighted by atomic mass is 9.78. The second-order valence-electron chi connectivity index (χ2n) is 4.24. The summed E-state index contributed by atoms with van der Waals surface area (Å²) in [4.78, 5) is 11.9. The number of carbonyl (C=O) groups is 1. The molecule has 0 N–H and O–H groups in total. The van der Waals surface area contributed by atoms with Crippen molar-refractivity contribution in [2.24, 2.45) is 0 Å². The Morgan fingerprint density at radius 2 is 1.73 bits per heavy atom. The van der Waals surface area contributed by atoms with Gasteiger partial charge in [0.25, 0.3) is 0 Å². The molecule has 0 saturated heterocycles. The fourth-order valence-electron chi connectivity index (χ4n) is 1.53. The molecule has 2 heteroatoms. The van der Waals surface area contributed by atoms with Crippen molar-refractivity contribution in [1.82, 2.24) is 0 Å². The highest BCUT2D eigenvalue weighted by Crippen LogP contribution is 2.26. The Labute approximate surface area is 89.6 Å². The molecular formula is C13H15FO. The molecular weight excluding hydrogens is 191 g/mol. The van der Waals surface area contributed by atoms with E-state index in [0.717, 1.165) is 5.56 Å². The summed E-state index contributed by atoms with van der Waals surface area (Å²) in [6, 6.07) is 6.00. The molecule has 0 aliphatic carbocycles. The number of benzene rings is 1. The van der Waals surface area contributed by atoms with Crippen molar-refractivity contribution in [2.75, 3.05) is 0 Å². The molecule has 0 aromatic heterocycles. The second kappa shape index (κ2) is 3.97. The third-order valence-electron chi connectivity index (χ3n) is 2.52. The number of ketones is 1. The lowest BCUT2D eigenvalue weighted by Crippen LogP contribution is -2.29. The van der Waals surface area contributed by atoms with E-state index in [9.17, 15) is 9.18 Å². The Hall–Kier alpha value is -1.44. The van der Waals surface area contributed by atoms with Crippen LogP contribution in [0.25, 0.3) is 0 Å². The summed E-state index contributed by atoms with van der Waals surface area (Å²) in [7, 11) is 0. The molecule has 1 rings (SSSR count). The normalized spacial score (nSPS) is 11.2. The number of Topliss-reactive ketones (excluding diaryl/α,β-unsaturated/α-hetero) is 1. The molecule has 15 heavy (non-hydrogen) atoms. The maximum Gasteiger partial charge on any atom is 0.167 e. The van der Waals surface area contributed by atoms with Gasteiger partial charge < -0.3 is 0 Å². The molecule has 0 radical (unpaired) electrons. The first-order valence-electron chi connectivity index (χ1n) is 4.82. The fourth-order valence-corrected chi connectivity index (χ4v) is 1.53. The Kier molecular flexibility index (Phi) is 3.08. The van der Waals surface area contributed by atoms with E-state index in [-0.39, 0.29) is 11.6 Å². The van der Waals surface area contributed by atoms with Gasteiger partial charge in [-0.3, -0.25) is 4.79 Å². The summed E-state index contributed by atoms with van der Waals surface area (Å²) < 4.78 is 12.7. The highest BCUT2D eigenvalue weighted by atomic mass is 19.1. The molecule has 0 spiro atoms. The van der Waals surface area contributed by atoms with Crippen LogP contribution in [-0.4, -0.2) is 5.78 Å². The van der Waals surface area contributed by atoms with Gasteiger partial charge in [-0.25, -0.2) is 4.39 Å². The first kappa shape index (κ1) is 11.6. The van der Waals surface area contributed by atoms with Gasteiger partial charge in [0.2, 0.25) is 0 Å². The summed E-state index contributed by atoms with van der Waals surface area (Å²) >= 11 is 0. The van der Waals surface area contributed by atoms with Gasteiger partial charge >= 0.3 is 0 Å². The van der Waals surface area contributed by atoms with Gasteiger partial charge in [0.05, 0.1) is 5.41 Å². The van der Waals surface area contributed by atoms with E-state index in [2.05, 4.69) is 6.58 Å². The molecule has 0 unspecified atom stereocenters. The standard InChI is InChI=1S/C13H15FO/c1-9(2)12(15)13(3,4)10-5-7-11(14)8-6-10/h5-8H,1H2,2-4H3. The molecule has 0 fully saturated rings. The molecule has 0 aliphatic rings. The van der Waals surface area contributed by atoms with Crippen LogP contribution in [0.4, 0.5) is 4.39 Å². The number of hydrogen-bond donors (Lipinski definition) is 0. The minimum absolute atomic E-state index is 0.0193. The van der Waals surface area contributed by atoms with E-state index < -0.39 is 5.41 Å². The molecule has 0 heterocycles. The van der Waals surface area contributed by atoms with Crippen LogP contribution in [0.2, 0.25) is 0 Å². The average Bonchev–Trinajstić information content (AvgIpc) is 2.17. The molecule has 0 bridgehead atoms. The van der Waals surface area contributed by atoms with Crippen molar-refractivity contribution < 1.29 is 9.18 Å². The maximum atomic E-state index is 12.7. The van der Waals surface area contributed by atoms with Crippen molar-refractivity contribution in [2.45, 2.75) is 26.2 Å². The first-order valence-corrected chi connectivity index (χ1v) is 4.82. The lowest BCUT2D eigenvalue weighted by Gasteiger charge is -2.23. The highest BCUT2D eigenvalue weighted by molar-refractivity contribution is 6.02. The Morgan fingerprint density at radius 3 is 2.13 bits per heavy atom. The molecule has 1 aromatic carbocycles. The SMILES string of the molecule is C=C(C)C(=O)C(C)(C)c1ccc(F)cc1. The van der Waals surface area contributed by atoms with Crippen LogP contribution < -0.4 is 0 Å². The smallest absolute Gasteiger partial charge is 0.167 e. The minimum atomic E-state index is -0.639. The minimum Gasteiger partial charge on any atom is -0.294 e. The molecule has 0 atom stereocenters. The molecule has 80 valence electrons. The summed E-state index contributed by atoms with van der Waals surface area (Å²) in [5.74, 6) is -0.313. The third kappa shape index (κ3) is 2.32. The van der Waals surface area contributed by atoms with Gasteiger partial charge in [-0.15, -0.1) is 0 Å². The summed E-state index contributed by atoms with van der Waals surface area (Å²) in [5.41, 5.74) is 0.681. The number of hydrogen-bond acceptors (Lipinski definition) is 1. The van der Waals surface area contributed by atoms with Gasteiger partial charge in [-0.2, -0.15) is 0 Å². The summed E-state index contributed by atoms with van der Waals surface area (Å²) in [5, 5.41) is 0. The fraction of sp³-hybridized carbons (Fsp3) is 0.308. The van der Waals surface area contributed by atoms with Crippen LogP contribution in [0.15, 0.2) is 36.4 Å². The molecule has 1 aromatic rings. The first-order chi connectivity index (χ1) is 6.85. The van der Waals surface area contributed by atoms with Crippen LogP contribution >= 0.6 is 0 Å². The zero-order valence-electron chi connectivity index (χ0n) is 9.30. The van der Waals surface area contributed by atoms with E-state index in [1.807, 2.05) is 13.8 Å². The summed E-state index contributed by atoms with van der Waals surface area (Å²) in [6.45, 7) is 8.96. The van der Waals surface area contributed by atoms with Crippen molar-refractivity contribution in [3.05, 3.63) is 47.8 Å². The van der Waals surface area contributed by atoms with Crippen molar-refractivity contribution >= 4 is 5.78 Å². The number of rotatable bonds is 3. The van der Waals surface area contributed by atoms with E-state index in [1.165, 1.54) is 12.1 Å². The monoisotopic (exact) mass is 206 g/mol. The number of allylic oxidation sites excluding steroid dienone is 1. The quantitative estimate of drug-likeness (QED) is 0.694. The molecule has 0 aliphatic heterocycles. The summed E-state index contributed by atoms with van der Waals surface area (Å²) in [6.07, 6.45) is 0. The van der Waals surface area contributed by atoms with Gasteiger partial charge in [-0.1, -0.05) is 18.7 Å².